The predicted octanol–water partition coefficient (Wildman–Crippen LogP) is 3.98. The minimum atomic E-state index is -3.51. The molecule has 132 valence electrons. The van der Waals surface area contributed by atoms with Gasteiger partial charge in [0.15, 0.2) is 0 Å². The van der Waals surface area contributed by atoms with Crippen LogP contribution >= 0.6 is 34.2 Å². The highest BCUT2D eigenvalue weighted by Gasteiger charge is 2.27. The third-order valence-electron chi connectivity index (χ3n) is 3.98. The maximum absolute atomic E-state index is 12.6. The average Bonchev–Trinajstić information content (AvgIpc) is 3.13. The lowest BCUT2D eigenvalue weighted by molar-refractivity contribution is 0.102. The highest BCUT2D eigenvalue weighted by molar-refractivity contribution is 14.1. The topological polar surface area (TPSA) is 66.5 Å². The van der Waals surface area contributed by atoms with Crippen molar-refractivity contribution in [3.05, 3.63) is 56.6 Å². The fourth-order valence-electron chi connectivity index (χ4n) is 2.65. The lowest BCUT2D eigenvalue weighted by Gasteiger charge is -2.16. The van der Waals surface area contributed by atoms with Crippen molar-refractivity contribution in [3.63, 3.8) is 0 Å². The number of carbonyl (C=O) groups excluding carboxylic acids is 1. The van der Waals surface area contributed by atoms with Crippen LogP contribution in [0.4, 0.5) is 5.69 Å². The van der Waals surface area contributed by atoms with Crippen molar-refractivity contribution in [2.75, 3.05) is 18.4 Å². The number of halogens is 2. The summed E-state index contributed by atoms with van der Waals surface area (Å²) in [4.78, 5) is 12.6. The van der Waals surface area contributed by atoms with Crippen LogP contribution in [-0.4, -0.2) is 31.7 Å². The molecule has 0 unspecified atom stereocenters. The number of hydrogen-bond acceptors (Lipinski definition) is 3. The molecule has 2 aromatic rings. The van der Waals surface area contributed by atoms with Gasteiger partial charge < -0.3 is 5.32 Å². The van der Waals surface area contributed by atoms with E-state index in [2.05, 4.69) is 27.9 Å². The van der Waals surface area contributed by atoms with Gasteiger partial charge >= 0.3 is 0 Å². The number of carbonyl (C=O) groups is 1. The van der Waals surface area contributed by atoms with Crippen molar-refractivity contribution in [1.29, 1.82) is 0 Å². The van der Waals surface area contributed by atoms with E-state index >= 15 is 0 Å². The SMILES string of the molecule is O=C(Nc1cccc(S(=O)(=O)N2CCCC2)c1)c1ccc(Cl)c(I)c1. The number of nitrogens with one attached hydrogen (secondary N) is 1. The van der Waals surface area contributed by atoms with E-state index in [0.717, 1.165) is 16.4 Å². The Morgan fingerprint density at radius 3 is 2.52 bits per heavy atom. The first kappa shape index (κ1) is 18.6. The van der Waals surface area contributed by atoms with Gasteiger partial charge in [-0.25, -0.2) is 8.42 Å². The van der Waals surface area contributed by atoms with Gasteiger partial charge in [-0.2, -0.15) is 4.31 Å². The first-order valence-electron chi connectivity index (χ1n) is 7.74. The summed E-state index contributed by atoms with van der Waals surface area (Å²) in [6, 6.07) is 11.3. The van der Waals surface area contributed by atoms with Crippen LogP contribution in [0.15, 0.2) is 47.4 Å². The number of rotatable bonds is 4. The molecule has 5 nitrogen and oxygen atoms in total. The van der Waals surface area contributed by atoms with E-state index in [-0.39, 0.29) is 10.8 Å². The first-order chi connectivity index (χ1) is 11.9. The highest BCUT2D eigenvalue weighted by Crippen LogP contribution is 2.24. The molecule has 8 heteroatoms. The Morgan fingerprint density at radius 2 is 1.84 bits per heavy atom. The van der Waals surface area contributed by atoms with Crippen molar-refractivity contribution in [1.82, 2.24) is 4.31 Å². The molecule has 1 N–H and O–H groups in total. The monoisotopic (exact) mass is 490 g/mol. The normalized spacial score (nSPS) is 15.3. The fourth-order valence-corrected chi connectivity index (χ4v) is 4.85. The highest BCUT2D eigenvalue weighted by atomic mass is 127. The number of sulfonamides is 1. The Kier molecular flexibility index (Phi) is 5.67. The molecule has 1 aliphatic heterocycles. The Balaban J connectivity index is 1.82. The third kappa shape index (κ3) is 4.16. The van der Waals surface area contributed by atoms with Crippen LogP contribution in [-0.2, 0) is 10.0 Å². The molecule has 0 saturated carbocycles. The molecule has 1 aliphatic rings. The number of hydrogen-bond donors (Lipinski definition) is 1. The summed E-state index contributed by atoms with van der Waals surface area (Å²) in [7, 11) is -3.51. The van der Waals surface area contributed by atoms with Crippen molar-refractivity contribution in [2.24, 2.45) is 0 Å². The zero-order chi connectivity index (χ0) is 18.0. The zero-order valence-corrected chi connectivity index (χ0v) is 16.9. The van der Waals surface area contributed by atoms with Gasteiger partial charge in [-0.3, -0.25) is 4.79 Å². The number of benzene rings is 2. The Hall–Kier alpha value is -1.16. The summed E-state index contributed by atoms with van der Waals surface area (Å²) in [5, 5.41) is 3.32. The first-order valence-corrected chi connectivity index (χ1v) is 10.6. The van der Waals surface area contributed by atoms with Gasteiger partial charge in [0.1, 0.15) is 0 Å². The quantitative estimate of drug-likeness (QED) is 0.659. The second-order valence-corrected chi connectivity index (χ2v) is 9.23. The van der Waals surface area contributed by atoms with Crippen LogP contribution < -0.4 is 5.32 Å². The van der Waals surface area contributed by atoms with E-state index in [1.165, 1.54) is 10.4 Å². The standard InChI is InChI=1S/C17H16ClIN2O3S/c18-15-7-6-12(10-16(15)19)17(22)20-13-4-3-5-14(11-13)25(23,24)21-8-1-2-9-21/h3-7,10-11H,1-2,8-9H2,(H,20,22). The molecule has 0 aliphatic carbocycles. The zero-order valence-electron chi connectivity index (χ0n) is 13.2. The lowest BCUT2D eigenvalue weighted by Crippen LogP contribution is -2.27. The van der Waals surface area contributed by atoms with Gasteiger partial charge in [0.05, 0.1) is 9.92 Å². The van der Waals surface area contributed by atoms with E-state index in [4.69, 9.17) is 11.6 Å². The second kappa shape index (κ2) is 7.61. The van der Waals surface area contributed by atoms with Gasteiger partial charge in [0.25, 0.3) is 5.91 Å². The molecule has 2 aromatic carbocycles. The lowest BCUT2D eigenvalue weighted by atomic mass is 10.2. The van der Waals surface area contributed by atoms with Crippen molar-refractivity contribution < 1.29 is 13.2 Å². The summed E-state index contributed by atoms with van der Waals surface area (Å²) < 4.78 is 27.5. The predicted molar refractivity (Wildman–Crippen MR) is 107 cm³/mol. The smallest absolute Gasteiger partial charge is 0.255 e. The van der Waals surface area contributed by atoms with Gasteiger partial charge in [0, 0.05) is 27.9 Å². The summed E-state index contributed by atoms with van der Waals surface area (Å²) in [5.41, 5.74) is 0.900. The maximum atomic E-state index is 12.6. The van der Waals surface area contributed by atoms with E-state index in [9.17, 15) is 13.2 Å². The average molecular weight is 491 g/mol. The summed E-state index contributed by atoms with van der Waals surface area (Å²) in [6.45, 7) is 1.09. The Labute approximate surface area is 165 Å². The molecule has 0 bridgehead atoms. The van der Waals surface area contributed by atoms with E-state index < -0.39 is 10.0 Å². The van der Waals surface area contributed by atoms with E-state index in [1.54, 1.807) is 36.4 Å². The molecule has 1 amide bonds. The van der Waals surface area contributed by atoms with Crippen LogP contribution in [0, 0.1) is 3.57 Å². The molecular formula is C17H16ClIN2O3S. The summed E-state index contributed by atoms with van der Waals surface area (Å²) in [5.74, 6) is -0.315. The largest absolute Gasteiger partial charge is 0.322 e. The van der Waals surface area contributed by atoms with Crippen molar-refractivity contribution in [2.45, 2.75) is 17.7 Å². The molecule has 0 spiro atoms. The second-order valence-electron chi connectivity index (χ2n) is 5.72. The van der Waals surface area contributed by atoms with Gasteiger partial charge in [-0.15, -0.1) is 0 Å². The fraction of sp³-hybridized carbons (Fsp3) is 0.235. The molecule has 3 rings (SSSR count). The molecule has 0 aromatic heterocycles. The summed E-state index contributed by atoms with van der Waals surface area (Å²) >= 11 is 8.02. The molecule has 0 atom stereocenters. The van der Waals surface area contributed by atoms with Crippen molar-refractivity contribution in [3.8, 4) is 0 Å². The minimum Gasteiger partial charge on any atom is -0.322 e. The van der Waals surface area contributed by atoms with Crippen LogP contribution in [0.3, 0.4) is 0 Å². The molecule has 1 fully saturated rings. The Bertz CT molecular complexity index is 912. The van der Waals surface area contributed by atoms with Crippen LogP contribution in [0.2, 0.25) is 5.02 Å². The number of anilines is 1. The van der Waals surface area contributed by atoms with Crippen LogP contribution in [0.25, 0.3) is 0 Å². The van der Waals surface area contributed by atoms with Crippen LogP contribution in [0.1, 0.15) is 23.2 Å². The molecule has 25 heavy (non-hydrogen) atoms. The van der Waals surface area contributed by atoms with Gasteiger partial charge in [0.2, 0.25) is 10.0 Å². The molecule has 1 saturated heterocycles. The van der Waals surface area contributed by atoms with Crippen LogP contribution in [0.5, 0.6) is 0 Å². The third-order valence-corrected chi connectivity index (χ3v) is 7.41. The number of nitrogens with zero attached hydrogens (tertiary/aromatic N) is 1. The molecular weight excluding hydrogens is 475 g/mol. The molecule has 1 heterocycles. The maximum Gasteiger partial charge on any atom is 0.255 e. The Morgan fingerprint density at radius 1 is 1.12 bits per heavy atom. The minimum absolute atomic E-state index is 0.192. The van der Waals surface area contributed by atoms with Crippen molar-refractivity contribution >= 4 is 55.8 Å². The molecule has 0 radical (unpaired) electrons. The van der Waals surface area contributed by atoms with Gasteiger partial charge in [-0.1, -0.05) is 17.7 Å². The summed E-state index contributed by atoms with van der Waals surface area (Å²) in [6.07, 6.45) is 1.76. The van der Waals surface area contributed by atoms with E-state index in [0.29, 0.717) is 29.4 Å². The number of amides is 1. The van der Waals surface area contributed by atoms with Gasteiger partial charge in [-0.05, 0) is 71.8 Å². The van der Waals surface area contributed by atoms with E-state index in [1.807, 2.05) is 0 Å².